The lowest BCUT2D eigenvalue weighted by Crippen LogP contribution is -2.23. The van der Waals surface area contributed by atoms with E-state index in [4.69, 9.17) is 9.26 Å². The zero-order valence-corrected chi connectivity index (χ0v) is 19.0. The number of benzene rings is 2. The number of nitrogens with one attached hydrogen (secondary N) is 1. The van der Waals surface area contributed by atoms with Crippen LogP contribution in [0, 0.1) is 5.82 Å². The summed E-state index contributed by atoms with van der Waals surface area (Å²) in [5.74, 6) is 1.40. The lowest BCUT2D eigenvalue weighted by atomic mass is 10.0. The van der Waals surface area contributed by atoms with Crippen LogP contribution in [0.4, 0.5) is 4.39 Å². The third kappa shape index (κ3) is 6.04. The van der Waals surface area contributed by atoms with E-state index in [1.165, 1.54) is 17.7 Å². The van der Waals surface area contributed by atoms with Crippen molar-refractivity contribution >= 4 is 5.91 Å². The van der Waals surface area contributed by atoms with Gasteiger partial charge in [-0.15, -0.1) is 0 Å². The SMILES string of the molecule is CC(C)c1ccc(-c2noc(CCC(=O)NCc3cccnc3Oc3cccc(F)c3)n2)cc1. The van der Waals surface area contributed by atoms with Crippen molar-refractivity contribution < 1.29 is 18.4 Å². The topological polar surface area (TPSA) is 90.1 Å². The molecule has 0 saturated heterocycles. The molecule has 0 aliphatic rings. The van der Waals surface area contributed by atoms with Crippen LogP contribution in [0.3, 0.4) is 0 Å². The van der Waals surface area contributed by atoms with E-state index in [-0.39, 0.29) is 18.9 Å². The van der Waals surface area contributed by atoms with E-state index in [9.17, 15) is 9.18 Å². The van der Waals surface area contributed by atoms with E-state index in [0.717, 1.165) is 5.56 Å². The summed E-state index contributed by atoms with van der Waals surface area (Å²) in [6.07, 6.45) is 2.08. The van der Waals surface area contributed by atoms with Crippen molar-refractivity contribution in [2.75, 3.05) is 0 Å². The van der Waals surface area contributed by atoms with Crippen LogP contribution in [0.1, 0.15) is 43.2 Å². The zero-order valence-electron chi connectivity index (χ0n) is 19.0. The third-order valence-corrected chi connectivity index (χ3v) is 5.21. The molecule has 8 heteroatoms. The van der Waals surface area contributed by atoms with Gasteiger partial charge in [-0.25, -0.2) is 9.37 Å². The van der Waals surface area contributed by atoms with Gasteiger partial charge in [0, 0.05) is 42.8 Å². The van der Waals surface area contributed by atoms with Crippen LogP contribution in [0.25, 0.3) is 11.4 Å². The highest BCUT2D eigenvalue weighted by Gasteiger charge is 2.13. The highest BCUT2D eigenvalue weighted by atomic mass is 19.1. The van der Waals surface area contributed by atoms with Crippen LogP contribution in [0.15, 0.2) is 71.4 Å². The lowest BCUT2D eigenvalue weighted by Gasteiger charge is -2.10. The fourth-order valence-electron chi connectivity index (χ4n) is 3.29. The Morgan fingerprint density at radius 3 is 2.71 bits per heavy atom. The summed E-state index contributed by atoms with van der Waals surface area (Å²) in [6, 6.07) is 17.4. The largest absolute Gasteiger partial charge is 0.439 e. The third-order valence-electron chi connectivity index (χ3n) is 5.21. The molecule has 174 valence electrons. The molecule has 0 atom stereocenters. The predicted octanol–water partition coefficient (Wildman–Crippen LogP) is 5.44. The van der Waals surface area contributed by atoms with Gasteiger partial charge in [0.05, 0.1) is 0 Å². The van der Waals surface area contributed by atoms with Gasteiger partial charge in [0.25, 0.3) is 0 Å². The second-order valence-corrected chi connectivity index (χ2v) is 8.09. The number of halogens is 1. The van der Waals surface area contributed by atoms with E-state index in [2.05, 4.69) is 34.3 Å². The van der Waals surface area contributed by atoms with Gasteiger partial charge in [0.15, 0.2) is 0 Å². The van der Waals surface area contributed by atoms with Gasteiger partial charge in [-0.1, -0.05) is 55.4 Å². The molecule has 2 aromatic carbocycles. The number of nitrogens with zero attached hydrogens (tertiary/aromatic N) is 3. The molecule has 0 saturated carbocycles. The summed E-state index contributed by atoms with van der Waals surface area (Å²) in [5.41, 5.74) is 2.78. The average Bonchev–Trinajstić information content (AvgIpc) is 3.31. The maximum absolute atomic E-state index is 13.4. The van der Waals surface area contributed by atoms with Crippen molar-refractivity contribution in [3.05, 3.63) is 89.7 Å². The molecule has 1 amide bonds. The molecule has 0 aliphatic carbocycles. The molecule has 7 nitrogen and oxygen atoms in total. The number of hydrogen-bond donors (Lipinski definition) is 1. The molecule has 0 unspecified atom stereocenters. The summed E-state index contributed by atoms with van der Waals surface area (Å²) in [4.78, 5) is 21.0. The van der Waals surface area contributed by atoms with Crippen LogP contribution in [0.2, 0.25) is 0 Å². The summed E-state index contributed by atoms with van der Waals surface area (Å²) in [5, 5.41) is 6.86. The maximum Gasteiger partial charge on any atom is 0.227 e. The first-order chi connectivity index (χ1) is 16.5. The summed E-state index contributed by atoms with van der Waals surface area (Å²) >= 11 is 0. The summed E-state index contributed by atoms with van der Waals surface area (Å²) in [7, 11) is 0. The number of amides is 1. The molecule has 2 aromatic heterocycles. The average molecular weight is 461 g/mol. The van der Waals surface area contributed by atoms with Gasteiger partial charge in [0.1, 0.15) is 11.6 Å². The first-order valence-electron chi connectivity index (χ1n) is 11.0. The van der Waals surface area contributed by atoms with Crippen molar-refractivity contribution in [2.45, 2.75) is 39.2 Å². The highest BCUT2D eigenvalue weighted by molar-refractivity contribution is 5.76. The number of aromatic nitrogens is 3. The normalized spacial score (nSPS) is 10.9. The Morgan fingerprint density at radius 2 is 1.94 bits per heavy atom. The molecule has 1 N–H and O–H groups in total. The van der Waals surface area contributed by atoms with Crippen LogP contribution >= 0.6 is 0 Å². The van der Waals surface area contributed by atoms with Crippen molar-refractivity contribution in [1.29, 1.82) is 0 Å². The zero-order chi connectivity index (χ0) is 23.9. The predicted molar refractivity (Wildman–Crippen MR) is 125 cm³/mol. The monoisotopic (exact) mass is 460 g/mol. The van der Waals surface area contributed by atoms with E-state index < -0.39 is 5.82 Å². The number of carbonyl (C=O) groups is 1. The van der Waals surface area contributed by atoms with Gasteiger partial charge < -0.3 is 14.6 Å². The minimum absolute atomic E-state index is 0.179. The van der Waals surface area contributed by atoms with Gasteiger partial charge in [0.2, 0.25) is 23.5 Å². The fourth-order valence-corrected chi connectivity index (χ4v) is 3.29. The van der Waals surface area contributed by atoms with Gasteiger partial charge in [-0.05, 0) is 29.7 Å². The standard InChI is InChI=1S/C26H25FN4O3/c1-17(2)18-8-10-19(11-9-18)25-30-24(34-31-25)13-12-23(32)29-16-20-5-4-14-28-26(20)33-22-7-3-6-21(27)15-22/h3-11,14-15,17H,12-13,16H2,1-2H3,(H,29,32). The number of pyridine rings is 1. The highest BCUT2D eigenvalue weighted by Crippen LogP contribution is 2.24. The molecule has 0 spiro atoms. The van der Waals surface area contributed by atoms with E-state index in [1.54, 1.807) is 30.5 Å². The molecular formula is C26H25FN4O3. The maximum atomic E-state index is 13.4. The number of rotatable bonds is 9. The lowest BCUT2D eigenvalue weighted by molar-refractivity contribution is -0.121. The molecule has 0 fully saturated rings. The van der Waals surface area contributed by atoms with Crippen molar-refractivity contribution in [2.24, 2.45) is 0 Å². The Kier molecular flexibility index (Phi) is 7.27. The number of hydrogen-bond acceptors (Lipinski definition) is 6. The Bertz CT molecular complexity index is 1250. The minimum Gasteiger partial charge on any atom is -0.439 e. The molecule has 34 heavy (non-hydrogen) atoms. The van der Waals surface area contributed by atoms with E-state index in [0.29, 0.717) is 41.2 Å². The number of aryl methyl sites for hydroxylation is 1. The molecule has 0 radical (unpaired) electrons. The first kappa shape index (κ1) is 23.1. The molecule has 4 rings (SSSR count). The van der Waals surface area contributed by atoms with Crippen LogP contribution < -0.4 is 10.1 Å². The Balaban J connectivity index is 1.30. The number of ether oxygens (including phenoxy) is 1. The van der Waals surface area contributed by atoms with Crippen LogP contribution in [-0.2, 0) is 17.8 Å². The van der Waals surface area contributed by atoms with Gasteiger partial charge in [-0.2, -0.15) is 4.98 Å². The fraction of sp³-hybridized carbons (Fsp3) is 0.231. The minimum atomic E-state index is -0.403. The van der Waals surface area contributed by atoms with Gasteiger partial charge in [-0.3, -0.25) is 4.79 Å². The Labute approximate surface area is 197 Å². The molecule has 0 aliphatic heterocycles. The van der Waals surface area contributed by atoms with Gasteiger partial charge >= 0.3 is 0 Å². The Hall–Kier alpha value is -4.07. The van der Waals surface area contributed by atoms with E-state index in [1.807, 2.05) is 24.3 Å². The molecule has 2 heterocycles. The number of carbonyl (C=O) groups excluding carboxylic acids is 1. The molecule has 4 aromatic rings. The van der Waals surface area contributed by atoms with Crippen LogP contribution in [0.5, 0.6) is 11.6 Å². The van der Waals surface area contributed by atoms with Crippen LogP contribution in [-0.4, -0.2) is 21.0 Å². The Morgan fingerprint density at radius 1 is 1.12 bits per heavy atom. The summed E-state index contributed by atoms with van der Waals surface area (Å²) < 4.78 is 24.4. The van der Waals surface area contributed by atoms with Crippen molar-refractivity contribution in [1.82, 2.24) is 20.4 Å². The van der Waals surface area contributed by atoms with Crippen molar-refractivity contribution in [3.8, 4) is 23.0 Å². The summed E-state index contributed by atoms with van der Waals surface area (Å²) in [6.45, 7) is 4.49. The molecule has 0 bridgehead atoms. The smallest absolute Gasteiger partial charge is 0.227 e. The molecular weight excluding hydrogens is 435 g/mol. The first-order valence-corrected chi connectivity index (χ1v) is 11.0. The second kappa shape index (κ2) is 10.7. The quantitative estimate of drug-likeness (QED) is 0.358. The second-order valence-electron chi connectivity index (χ2n) is 8.09. The van der Waals surface area contributed by atoms with Crippen molar-refractivity contribution in [3.63, 3.8) is 0 Å². The van der Waals surface area contributed by atoms with E-state index >= 15 is 0 Å².